The van der Waals surface area contributed by atoms with E-state index in [-0.39, 0.29) is 28.5 Å². The van der Waals surface area contributed by atoms with Gasteiger partial charge < -0.3 is 5.32 Å². The van der Waals surface area contributed by atoms with E-state index >= 15 is 0 Å². The van der Waals surface area contributed by atoms with Crippen LogP contribution >= 0.6 is 0 Å². The van der Waals surface area contributed by atoms with Gasteiger partial charge in [-0.1, -0.05) is 20.3 Å². The van der Waals surface area contributed by atoms with E-state index in [1.54, 1.807) is 0 Å². The average molecular weight is 274 g/mol. The number of nitro groups is 1. The number of pyridine rings is 1. The maximum Gasteiger partial charge on any atom is 0.328 e. The van der Waals surface area contributed by atoms with E-state index in [0.717, 1.165) is 19.3 Å². The van der Waals surface area contributed by atoms with Crippen molar-refractivity contribution in [3.63, 3.8) is 0 Å². The number of nitriles is 1. The Labute approximate surface area is 118 Å². The molecule has 0 amide bonds. The maximum atomic E-state index is 11.1. The second-order valence-electron chi connectivity index (χ2n) is 6.03. The van der Waals surface area contributed by atoms with Crippen LogP contribution in [-0.4, -0.2) is 15.9 Å². The highest BCUT2D eigenvalue weighted by atomic mass is 16.6. The third-order valence-electron chi connectivity index (χ3n) is 3.77. The number of hydrogen-bond donors (Lipinski definition) is 1. The number of nitrogens with one attached hydrogen (secondary N) is 1. The topological polar surface area (TPSA) is 91.8 Å². The predicted octanol–water partition coefficient (Wildman–Crippen LogP) is 3.24. The molecule has 1 saturated carbocycles. The molecule has 1 aromatic heterocycles. The molecule has 0 spiro atoms. The fourth-order valence-corrected chi connectivity index (χ4v) is 2.85. The first-order valence-corrected chi connectivity index (χ1v) is 6.73. The molecule has 1 aliphatic carbocycles. The quantitative estimate of drug-likeness (QED) is 0.674. The molecular formula is C14H18N4O2. The first-order chi connectivity index (χ1) is 9.43. The van der Waals surface area contributed by atoms with Crippen LogP contribution in [-0.2, 0) is 0 Å². The van der Waals surface area contributed by atoms with Crippen LogP contribution in [0.4, 0.5) is 11.5 Å². The minimum Gasteiger partial charge on any atom is -0.362 e. The molecule has 6 heteroatoms. The van der Waals surface area contributed by atoms with E-state index in [1.165, 1.54) is 18.7 Å². The fourth-order valence-electron chi connectivity index (χ4n) is 2.85. The van der Waals surface area contributed by atoms with E-state index in [4.69, 9.17) is 5.26 Å². The molecular weight excluding hydrogens is 256 g/mol. The highest BCUT2D eigenvalue weighted by molar-refractivity contribution is 5.64. The molecule has 0 bridgehead atoms. The lowest BCUT2D eigenvalue weighted by Gasteiger charge is -2.35. The van der Waals surface area contributed by atoms with E-state index in [0.29, 0.717) is 0 Å². The number of rotatable bonds is 3. The largest absolute Gasteiger partial charge is 0.362 e. The normalized spacial score (nSPS) is 20.9. The number of nitrogens with zero attached hydrogens (tertiary/aromatic N) is 3. The first-order valence-electron chi connectivity index (χ1n) is 6.73. The van der Waals surface area contributed by atoms with E-state index in [1.807, 2.05) is 6.07 Å². The second-order valence-corrected chi connectivity index (χ2v) is 6.03. The molecule has 6 nitrogen and oxygen atoms in total. The van der Waals surface area contributed by atoms with Crippen LogP contribution in [0.25, 0.3) is 0 Å². The molecule has 20 heavy (non-hydrogen) atoms. The van der Waals surface area contributed by atoms with Gasteiger partial charge in [0.05, 0.1) is 4.92 Å². The number of hydrogen-bond acceptors (Lipinski definition) is 5. The van der Waals surface area contributed by atoms with E-state index < -0.39 is 4.92 Å². The summed E-state index contributed by atoms with van der Waals surface area (Å²) in [6.45, 7) is 4.41. The van der Waals surface area contributed by atoms with Crippen molar-refractivity contribution in [3.8, 4) is 6.07 Å². The minimum atomic E-state index is -0.540. The summed E-state index contributed by atoms with van der Waals surface area (Å²) in [5.41, 5.74) is 0.0540. The lowest BCUT2D eigenvalue weighted by molar-refractivity contribution is -0.384. The Morgan fingerprint density at radius 3 is 2.95 bits per heavy atom. The summed E-state index contributed by atoms with van der Waals surface area (Å²) in [5.74, 6) is 0.205. The maximum absolute atomic E-state index is 11.1. The van der Waals surface area contributed by atoms with Gasteiger partial charge in [-0.25, -0.2) is 4.98 Å². The zero-order chi connectivity index (χ0) is 14.8. The molecule has 1 N–H and O–H groups in total. The van der Waals surface area contributed by atoms with Crippen LogP contribution in [0.15, 0.2) is 12.3 Å². The summed E-state index contributed by atoms with van der Waals surface area (Å²) >= 11 is 0. The zero-order valence-corrected chi connectivity index (χ0v) is 11.7. The van der Waals surface area contributed by atoms with E-state index in [9.17, 15) is 10.1 Å². The van der Waals surface area contributed by atoms with Gasteiger partial charge in [-0.2, -0.15) is 5.26 Å². The second kappa shape index (κ2) is 5.45. The van der Waals surface area contributed by atoms with Gasteiger partial charge >= 0.3 is 5.69 Å². The third-order valence-corrected chi connectivity index (χ3v) is 3.77. The Morgan fingerprint density at radius 2 is 2.35 bits per heavy atom. The summed E-state index contributed by atoms with van der Waals surface area (Å²) in [6, 6.07) is 3.38. The van der Waals surface area contributed by atoms with Gasteiger partial charge in [-0.05, 0) is 30.7 Å². The van der Waals surface area contributed by atoms with Crippen LogP contribution in [0.1, 0.15) is 45.1 Å². The Hall–Kier alpha value is -2.16. The molecule has 1 aromatic rings. The molecule has 2 rings (SSSR count). The molecule has 1 heterocycles. The van der Waals surface area contributed by atoms with Crippen LogP contribution in [0.3, 0.4) is 0 Å². The van der Waals surface area contributed by atoms with Gasteiger partial charge in [0.2, 0.25) is 5.82 Å². The summed E-state index contributed by atoms with van der Waals surface area (Å²) in [7, 11) is 0. The summed E-state index contributed by atoms with van der Waals surface area (Å²) in [5, 5.41) is 23.3. The van der Waals surface area contributed by atoms with Gasteiger partial charge in [-0.15, -0.1) is 0 Å². The van der Waals surface area contributed by atoms with Crippen molar-refractivity contribution in [1.82, 2.24) is 4.98 Å². The standard InChI is InChI=1S/C14H18N4O2/c1-14(2)6-3-4-11(8-14)17-13-12(18(19)20)10(9-15)5-7-16-13/h5,7,11H,3-4,6,8H2,1-2H3,(H,16,17). The summed E-state index contributed by atoms with van der Waals surface area (Å²) in [4.78, 5) is 14.7. The van der Waals surface area contributed by atoms with Crippen molar-refractivity contribution in [2.24, 2.45) is 5.41 Å². The Bertz CT molecular complexity index is 563. The van der Waals surface area contributed by atoms with Crippen LogP contribution < -0.4 is 5.32 Å². The van der Waals surface area contributed by atoms with Crippen molar-refractivity contribution in [1.29, 1.82) is 5.26 Å². The monoisotopic (exact) mass is 274 g/mol. The van der Waals surface area contributed by atoms with Crippen molar-refractivity contribution in [2.75, 3.05) is 5.32 Å². The smallest absolute Gasteiger partial charge is 0.328 e. The van der Waals surface area contributed by atoms with Crippen LogP contribution in [0.2, 0.25) is 0 Å². The van der Waals surface area contributed by atoms with Gasteiger partial charge in [0.25, 0.3) is 0 Å². The van der Waals surface area contributed by atoms with Gasteiger partial charge in [0, 0.05) is 12.2 Å². The van der Waals surface area contributed by atoms with Crippen molar-refractivity contribution < 1.29 is 4.92 Å². The Kier molecular flexibility index (Phi) is 3.89. The zero-order valence-electron chi connectivity index (χ0n) is 11.7. The number of anilines is 1. The molecule has 106 valence electrons. The average Bonchev–Trinajstić information content (AvgIpc) is 2.36. The summed E-state index contributed by atoms with van der Waals surface area (Å²) in [6.07, 6.45) is 5.61. The van der Waals surface area contributed by atoms with Crippen LogP contribution in [0.5, 0.6) is 0 Å². The van der Waals surface area contributed by atoms with Crippen molar-refractivity contribution in [3.05, 3.63) is 27.9 Å². The molecule has 0 aromatic carbocycles. The SMILES string of the molecule is CC1(C)CCCC(Nc2nccc(C#N)c2[N+](=O)[O-])C1. The lowest BCUT2D eigenvalue weighted by Crippen LogP contribution is -2.32. The number of aromatic nitrogens is 1. The molecule has 0 saturated heterocycles. The van der Waals surface area contributed by atoms with E-state index in [2.05, 4.69) is 24.1 Å². The minimum absolute atomic E-state index is 0.0440. The Morgan fingerprint density at radius 1 is 1.60 bits per heavy atom. The highest BCUT2D eigenvalue weighted by Crippen LogP contribution is 2.37. The fraction of sp³-hybridized carbons (Fsp3) is 0.571. The molecule has 1 unspecified atom stereocenters. The van der Waals surface area contributed by atoms with Gasteiger partial charge in [-0.3, -0.25) is 10.1 Å². The molecule has 1 fully saturated rings. The van der Waals surface area contributed by atoms with Gasteiger partial charge in [0.15, 0.2) is 0 Å². The van der Waals surface area contributed by atoms with Crippen LogP contribution in [0, 0.1) is 26.9 Å². The molecule has 0 radical (unpaired) electrons. The van der Waals surface area contributed by atoms with Crippen molar-refractivity contribution in [2.45, 2.75) is 45.6 Å². The van der Waals surface area contributed by atoms with Gasteiger partial charge in [0.1, 0.15) is 11.6 Å². The predicted molar refractivity (Wildman–Crippen MR) is 75.3 cm³/mol. The molecule has 1 atom stereocenters. The first kappa shape index (κ1) is 14.3. The highest BCUT2D eigenvalue weighted by Gasteiger charge is 2.30. The summed E-state index contributed by atoms with van der Waals surface area (Å²) < 4.78 is 0. The Balaban J connectivity index is 2.26. The lowest BCUT2D eigenvalue weighted by atomic mass is 9.75. The molecule has 1 aliphatic rings. The molecule has 0 aliphatic heterocycles. The van der Waals surface area contributed by atoms with Crippen molar-refractivity contribution >= 4 is 11.5 Å². The third kappa shape index (κ3) is 3.05.